The summed E-state index contributed by atoms with van der Waals surface area (Å²) in [4.78, 5) is 30.1. The van der Waals surface area contributed by atoms with Gasteiger partial charge in [0.05, 0.1) is 0 Å². The number of amides is 2. The first-order chi connectivity index (χ1) is 11.6. The van der Waals surface area contributed by atoms with E-state index in [-0.39, 0.29) is 23.4 Å². The summed E-state index contributed by atoms with van der Waals surface area (Å²) < 4.78 is 5.44. The fourth-order valence-corrected chi connectivity index (χ4v) is 3.19. The summed E-state index contributed by atoms with van der Waals surface area (Å²) in [5.74, 6) is -0.597. The molecular formula is C17H20N4O3. The number of hydrogen-bond donors (Lipinski definition) is 1. The van der Waals surface area contributed by atoms with Crippen LogP contribution in [0.5, 0.6) is 0 Å². The highest BCUT2D eigenvalue weighted by molar-refractivity contribution is 6.06. The first-order valence-electron chi connectivity index (χ1n) is 8.15. The molecule has 126 valence electrons. The van der Waals surface area contributed by atoms with Crippen LogP contribution in [0.3, 0.4) is 0 Å². The fraction of sp³-hybridized carbons (Fsp3) is 0.412. The van der Waals surface area contributed by atoms with Gasteiger partial charge in [0.1, 0.15) is 11.3 Å². The smallest absolute Gasteiger partial charge is 0.256 e. The van der Waals surface area contributed by atoms with Gasteiger partial charge in [0.15, 0.2) is 0 Å². The van der Waals surface area contributed by atoms with Crippen molar-refractivity contribution in [2.45, 2.75) is 45.1 Å². The van der Waals surface area contributed by atoms with E-state index < -0.39 is 5.91 Å². The van der Waals surface area contributed by atoms with E-state index >= 15 is 0 Å². The van der Waals surface area contributed by atoms with Crippen molar-refractivity contribution in [3.63, 3.8) is 0 Å². The molecule has 0 spiro atoms. The predicted octanol–water partition coefficient (Wildman–Crippen LogP) is 2.52. The molecule has 24 heavy (non-hydrogen) atoms. The lowest BCUT2D eigenvalue weighted by Gasteiger charge is -2.26. The zero-order chi connectivity index (χ0) is 17.1. The number of nitrogens with two attached hydrogens (primary N) is 1. The largest absolute Gasteiger partial charge is 0.365 e. The third-order valence-corrected chi connectivity index (χ3v) is 4.35. The summed E-state index contributed by atoms with van der Waals surface area (Å²) in [5.41, 5.74) is 6.74. The van der Waals surface area contributed by atoms with Crippen LogP contribution in [0, 0.1) is 0 Å². The second-order valence-electron chi connectivity index (χ2n) is 5.87. The van der Waals surface area contributed by atoms with Crippen LogP contribution in [0.4, 0.5) is 5.88 Å². The maximum Gasteiger partial charge on any atom is 0.256 e. The van der Waals surface area contributed by atoms with Crippen LogP contribution in [0.1, 0.15) is 49.4 Å². The fourth-order valence-electron chi connectivity index (χ4n) is 3.19. The average molecular weight is 328 g/mol. The van der Waals surface area contributed by atoms with E-state index in [1.54, 1.807) is 36.4 Å². The highest BCUT2D eigenvalue weighted by Gasteiger charge is 2.35. The van der Waals surface area contributed by atoms with Crippen LogP contribution >= 0.6 is 0 Å². The number of carbonyl (C=O) groups excluding carboxylic acids is 2. The third-order valence-electron chi connectivity index (χ3n) is 4.35. The number of hydrogen-bond acceptors (Lipinski definition) is 5. The Morgan fingerprint density at radius 1 is 1.29 bits per heavy atom. The molecule has 1 fully saturated rings. The second kappa shape index (κ2) is 6.82. The van der Waals surface area contributed by atoms with Gasteiger partial charge in [-0.15, -0.1) is 0 Å². The Labute approximate surface area is 139 Å². The topological polar surface area (TPSA) is 102 Å². The number of rotatable bonds is 5. The molecule has 2 aromatic rings. The van der Waals surface area contributed by atoms with Gasteiger partial charge in [0.2, 0.25) is 11.8 Å². The lowest BCUT2D eigenvalue weighted by Crippen LogP contribution is -2.39. The predicted molar refractivity (Wildman–Crippen MR) is 88.3 cm³/mol. The highest BCUT2D eigenvalue weighted by atomic mass is 16.5. The van der Waals surface area contributed by atoms with Gasteiger partial charge >= 0.3 is 0 Å². The third kappa shape index (κ3) is 2.89. The molecule has 2 N–H and O–H groups in total. The second-order valence-corrected chi connectivity index (χ2v) is 5.87. The summed E-state index contributed by atoms with van der Waals surface area (Å²) in [6.07, 6.45) is 7.38. The van der Waals surface area contributed by atoms with E-state index in [2.05, 4.69) is 10.1 Å². The molecule has 0 aromatic carbocycles. The normalized spacial score (nSPS) is 14.7. The van der Waals surface area contributed by atoms with E-state index in [1.807, 2.05) is 0 Å². The van der Waals surface area contributed by atoms with Crippen molar-refractivity contribution in [1.82, 2.24) is 10.1 Å². The number of nitrogens with zero attached hydrogens (tertiary/aromatic N) is 3. The quantitative estimate of drug-likeness (QED) is 0.908. The Bertz CT molecular complexity index is 736. The van der Waals surface area contributed by atoms with E-state index in [4.69, 9.17) is 10.3 Å². The zero-order valence-electron chi connectivity index (χ0n) is 13.6. The Kier molecular flexibility index (Phi) is 4.59. The summed E-state index contributed by atoms with van der Waals surface area (Å²) in [7, 11) is 0. The lowest BCUT2D eigenvalue weighted by atomic mass is 10.1. The molecule has 0 aliphatic heterocycles. The van der Waals surface area contributed by atoms with Crippen molar-refractivity contribution in [3.8, 4) is 11.3 Å². The van der Waals surface area contributed by atoms with Gasteiger partial charge in [-0.3, -0.25) is 19.5 Å². The van der Waals surface area contributed by atoms with Gasteiger partial charge in [-0.1, -0.05) is 24.9 Å². The monoisotopic (exact) mass is 328 g/mol. The van der Waals surface area contributed by atoms with Crippen molar-refractivity contribution < 1.29 is 14.1 Å². The van der Waals surface area contributed by atoms with Crippen LogP contribution in [-0.4, -0.2) is 28.0 Å². The molecule has 0 atom stereocenters. The lowest BCUT2D eigenvalue weighted by molar-refractivity contribution is -0.119. The number of pyridine rings is 1. The molecule has 0 radical (unpaired) electrons. The van der Waals surface area contributed by atoms with Crippen LogP contribution in [0.15, 0.2) is 29.0 Å². The number of primary amides is 1. The van der Waals surface area contributed by atoms with E-state index in [9.17, 15) is 9.59 Å². The van der Waals surface area contributed by atoms with Crippen molar-refractivity contribution >= 4 is 17.7 Å². The minimum absolute atomic E-state index is 0.0220. The Morgan fingerprint density at radius 3 is 2.54 bits per heavy atom. The maximum atomic E-state index is 12.5. The van der Waals surface area contributed by atoms with Crippen LogP contribution < -0.4 is 10.6 Å². The first-order valence-corrected chi connectivity index (χ1v) is 8.15. The zero-order valence-corrected chi connectivity index (χ0v) is 13.6. The molecule has 7 heteroatoms. The molecular weight excluding hydrogens is 308 g/mol. The molecule has 1 aliphatic carbocycles. The minimum Gasteiger partial charge on any atom is -0.365 e. The van der Waals surface area contributed by atoms with E-state index in [1.165, 1.54) is 0 Å². The Balaban J connectivity index is 2.10. The van der Waals surface area contributed by atoms with Gasteiger partial charge in [-0.25, -0.2) is 0 Å². The summed E-state index contributed by atoms with van der Waals surface area (Å²) >= 11 is 0. The van der Waals surface area contributed by atoms with Gasteiger partial charge in [-0.2, -0.15) is 0 Å². The Morgan fingerprint density at radius 2 is 1.96 bits per heavy atom. The first kappa shape index (κ1) is 16.2. The summed E-state index contributed by atoms with van der Waals surface area (Å²) in [6.45, 7) is 1.79. The minimum atomic E-state index is -0.662. The van der Waals surface area contributed by atoms with Gasteiger partial charge < -0.3 is 10.3 Å². The molecule has 2 aromatic heterocycles. The molecule has 1 aliphatic rings. The molecule has 3 rings (SSSR count). The molecule has 1 saturated carbocycles. The molecule has 2 heterocycles. The highest BCUT2D eigenvalue weighted by Crippen LogP contribution is 2.35. The van der Waals surface area contributed by atoms with Crippen molar-refractivity contribution in [2.24, 2.45) is 5.73 Å². The van der Waals surface area contributed by atoms with Crippen molar-refractivity contribution in [2.75, 3.05) is 4.90 Å². The van der Waals surface area contributed by atoms with Crippen molar-refractivity contribution in [3.05, 3.63) is 30.1 Å². The molecule has 0 bridgehead atoms. The van der Waals surface area contributed by atoms with Crippen LogP contribution in [0.25, 0.3) is 11.3 Å². The molecule has 0 saturated heterocycles. The average Bonchev–Trinajstić information content (AvgIpc) is 3.26. The maximum absolute atomic E-state index is 12.5. The SMILES string of the molecule is CCC(=O)N(c1onc(-c2ccncc2)c1C(N)=O)C1CCCC1. The number of carbonyl (C=O) groups is 2. The van der Waals surface area contributed by atoms with E-state index in [0.29, 0.717) is 17.7 Å². The van der Waals surface area contributed by atoms with Crippen molar-refractivity contribution in [1.29, 1.82) is 0 Å². The van der Waals surface area contributed by atoms with Crippen LogP contribution in [-0.2, 0) is 4.79 Å². The van der Waals surface area contributed by atoms with Gasteiger partial charge in [0, 0.05) is 30.4 Å². The number of aromatic nitrogens is 2. The standard InChI is InChI=1S/C17H20N4O3/c1-2-13(22)21(12-5-3-4-6-12)17-14(16(18)23)15(20-24-17)11-7-9-19-10-8-11/h7-10,12H,2-6H2,1H3,(H2,18,23). The van der Waals surface area contributed by atoms with Crippen LogP contribution in [0.2, 0.25) is 0 Å². The Hall–Kier alpha value is -2.70. The molecule has 2 amide bonds. The molecule has 7 nitrogen and oxygen atoms in total. The molecule has 0 unspecified atom stereocenters. The summed E-state index contributed by atoms with van der Waals surface area (Å²) in [5, 5.41) is 4.02. The van der Waals surface area contributed by atoms with E-state index in [0.717, 1.165) is 25.7 Å². The summed E-state index contributed by atoms with van der Waals surface area (Å²) in [6, 6.07) is 3.46. The number of anilines is 1. The van der Waals surface area contributed by atoms with Gasteiger partial charge in [-0.05, 0) is 25.0 Å². The van der Waals surface area contributed by atoms with Gasteiger partial charge in [0.25, 0.3) is 5.91 Å².